The van der Waals surface area contributed by atoms with Gasteiger partial charge in [-0.05, 0) is 71.7 Å². The maximum atomic E-state index is 13.9. The molecule has 11 nitrogen and oxygen atoms in total. The molecule has 0 radical (unpaired) electrons. The number of rotatable bonds is 8. The topological polar surface area (TPSA) is 147 Å². The fourth-order valence-corrected chi connectivity index (χ4v) is 4.41. The van der Waals surface area contributed by atoms with Gasteiger partial charge in [0.15, 0.2) is 6.04 Å². The van der Waals surface area contributed by atoms with Crippen molar-refractivity contribution in [1.82, 2.24) is 15.2 Å². The number of aromatic nitrogens is 1. The van der Waals surface area contributed by atoms with Crippen molar-refractivity contribution in [3.05, 3.63) is 35.8 Å². The van der Waals surface area contributed by atoms with Crippen LogP contribution in [0.5, 0.6) is 0 Å². The summed E-state index contributed by atoms with van der Waals surface area (Å²) in [5, 5.41) is 13.0. The van der Waals surface area contributed by atoms with Gasteiger partial charge in [0.1, 0.15) is 29.7 Å². The summed E-state index contributed by atoms with van der Waals surface area (Å²) in [5.74, 6) is -3.13. The molecule has 2 aromatic rings. The number of carboxylic acid groups (broad SMARTS) is 1. The highest BCUT2D eigenvalue weighted by Gasteiger charge is 2.45. The third-order valence-corrected chi connectivity index (χ3v) is 5.86. The lowest BCUT2D eigenvalue weighted by Crippen LogP contribution is -2.55. The van der Waals surface area contributed by atoms with E-state index < -0.39 is 65.8 Å². The molecule has 1 saturated heterocycles. The molecule has 1 fully saturated rings. The Labute approximate surface area is 226 Å². The van der Waals surface area contributed by atoms with Crippen molar-refractivity contribution in [3.8, 4) is 0 Å². The van der Waals surface area contributed by atoms with Crippen LogP contribution < -0.4 is 5.32 Å². The lowest BCUT2D eigenvalue weighted by Gasteiger charge is -2.29. The van der Waals surface area contributed by atoms with E-state index in [1.165, 1.54) is 12.1 Å². The standard InChI is InChI=1S/C27H36FN3O8/c1-26(2,3)38-21(32)14-37-20-9-10-31(22(20)24(34)35)23(33)19(30-25(36)39-27(4,5)6)11-15-13-29-18-8-7-16(28)12-17(15)18/h7-8,12-13,19-20,22,29H,9-11,14H2,1-6H3,(H,30,36)(H,34,35)/t19-,20?,22?/m0/s1. The Morgan fingerprint density at radius 3 is 2.41 bits per heavy atom. The minimum absolute atomic E-state index is 0.0177. The number of amides is 2. The number of fused-ring (bicyclic) bond motifs is 1. The number of nitrogens with zero attached hydrogens (tertiary/aromatic N) is 1. The minimum atomic E-state index is -1.40. The van der Waals surface area contributed by atoms with Crippen molar-refractivity contribution in [3.63, 3.8) is 0 Å². The fraction of sp³-hybridized carbons (Fsp3) is 0.556. The Morgan fingerprint density at radius 1 is 1.13 bits per heavy atom. The smallest absolute Gasteiger partial charge is 0.408 e. The number of carbonyl (C=O) groups excluding carboxylic acids is 3. The first kappa shape index (κ1) is 29.9. The van der Waals surface area contributed by atoms with Gasteiger partial charge in [0.05, 0.1) is 6.10 Å². The van der Waals surface area contributed by atoms with Gasteiger partial charge in [-0.15, -0.1) is 0 Å². The van der Waals surface area contributed by atoms with Crippen LogP contribution in [-0.2, 0) is 35.0 Å². The number of aromatic amines is 1. The van der Waals surface area contributed by atoms with Crippen LogP contribution >= 0.6 is 0 Å². The Bertz CT molecular complexity index is 1230. The van der Waals surface area contributed by atoms with E-state index in [2.05, 4.69) is 10.3 Å². The minimum Gasteiger partial charge on any atom is -0.480 e. The van der Waals surface area contributed by atoms with Gasteiger partial charge >= 0.3 is 18.0 Å². The number of H-pyrrole nitrogens is 1. The zero-order valence-electron chi connectivity index (χ0n) is 23.0. The molecular weight excluding hydrogens is 513 g/mol. The quantitative estimate of drug-likeness (QED) is 0.426. The van der Waals surface area contributed by atoms with Gasteiger partial charge < -0.3 is 34.5 Å². The van der Waals surface area contributed by atoms with Crippen LogP contribution in [-0.4, -0.2) is 81.5 Å². The van der Waals surface area contributed by atoms with Gasteiger partial charge in [-0.25, -0.2) is 18.8 Å². The summed E-state index contributed by atoms with van der Waals surface area (Å²) >= 11 is 0. The van der Waals surface area contributed by atoms with E-state index in [9.17, 15) is 28.7 Å². The zero-order chi connectivity index (χ0) is 29.1. The largest absolute Gasteiger partial charge is 0.480 e. The lowest BCUT2D eigenvalue weighted by molar-refractivity contribution is -0.165. The van der Waals surface area contributed by atoms with Crippen LogP contribution in [0.4, 0.5) is 9.18 Å². The molecule has 214 valence electrons. The van der Waals surface area contributed by atoms with Crippen molar-refractivity contribution >= 4 is 34.8 Å². The number of hydrogen-bond donors (Lipinski definition) is 3. The first-order chi connectivity index (χ1) is 18.0. The number of ether oxygens (including phenoxy) is 3. The molecule has 0 spiro atoms. The molecular formula is C27H36FN3O8. The summed E-state index contributed by atoms with van der Waals surface area (Å²) in [5.41, 5.74) is -0.409. The molecule has 0 aliphatic carbocycles. The number of carbonyl (C=O) groups is 4. The first-order valence-corrected chi connectivity index (χ1v) is 12.7. The molecule has 12 heteroatoms. The van der Waals surface area contributed by atoms with E-state index in [0.29, 0.717) is 16.5 Å². The Morgan fingerprint density at radius 2 is 1.79 bits per heavy atom. The predicted octanol–water partition coefficient (Wildman–Crippen LogP) is 3.16. The van der Waals surface area contributed by atoms with Crippen LogP contribution in [0, 0.1) is 5.82 Å². The number of carboxylic acids is 1. The Balaban J connectivity index is 1.83. The first-order valence-electron chi connectivity index (χ1n) is 12.7. The van der Waals surface area contributed by atoms with Crippen LogP contribution in [0.1, 0.15) is 53.5 Å². The monoisotopic (exact) mass is 549 g/mol. The average Bonchev–Trinajstić information content (AvgIpc) is 3.38. The molecule has 1 aromatic heterocycles. The summed E-state index contributed by atoms with van der Waals surface area (Å²) in [4.78, 5) is 54.8. The molecule has 0 saturated carbocycles. The van der Waals surface area contributed by atoms with Gasteiger partial charge in [0.25, 0.3) is 0 Å². The highest BCUT2D eigenvalue weighted by Crippen LogP contribution is 2.26. The van der Waals surface area contributed by atoms with E-state index in [1.54, 1.807) is 53.8 Å². The van der Waals surface area contributed by atoms with E-state index in [1.807, 2.05) is 0 Å². The van der Waals surface area contributed by atoms with Gasteiger partial charge in [-0.1, -0.05) is 0 Å². The van der Waals surface area contributed by atoms with Crippen molar-refractivity contribution in [2.75, 3.05) is 13.2 Å². The van der Waals surface area contributed by atoms with Crippen molar-refractivity contribution in [2.24, 2.45) is 0 Å². The second-order valence-corrected chi connectivity index (χ2v) is 11.4. The fourth-order valence-electron chi connectivity index (χ4n) is 4.41. The lowest BCUT2D eigenvalue weighted by atomic mass is 10.0. The molecule has 0 bridgehead atoms. The van der Waals surface area contributed by atoms with Gasteiger partial charge in [-0.3, -0.25) is 4.79 Å². The molecule has 1 aliphatic rings. The molecule has 3 atom stereocenters. The summed E-state index contributed by atoms with van der Waals surface area (Å²) in [6.07, 6.45) is -0.137. The summed E-state index contributed by atoms with van der Waals surface area (Å²) in [7, 11) is 0. The van der Waals surface area contributed by atoms with Crippen LogP contribution in [0.3, 0.4) is 0 Å². The molecule has 39 heavy (non-hydrogen) atoms. The normalized spacial score (nSPS) is 18.6. The number of benzene rings is 1. The van der Waals surface area contributed by atoms with E-state index in [0.717, 1.165) is 4.90 Å². The number of alkyl carbamates (subject to hydrolysis) is 1. The van der Waals surface area contributed by atoms with Crippen LogP contribution in [0.2, 0.25) is 0 Å². The SMILES string of the molecule is CC(C)(C)OC(=O)COC1CCN(C(=O)[C@H](Cc2c[nH]c3ccc(F)cc23)NC(=O)OC(C)(C)C)C1C(=O)O. The van der Waals surface area contributed by atoms with Crippen molar-refractivity contribution in [2.45, 2.75) is 83.8 Å². The van der Waals surface area contributed by atoms with E-state index in [-0.39, 0.29) is 19.4 Å². The molecule has 3 N–H and O–H groups in total. The summed E-state index contributed by atoms with van der Waals surface area (Å²) in [6, 6.07) is 1.53. The van der Waals surface area contributed by atoms with Gasteiger partial charge in [0, 0.05) is 30.1 Å². The zero-order valence-corrected chi connectivity index (χ0v) is 23.0. The number of hydrogen-bond acceptors (Lipinski definition) is 7. The average molecular weight is 550 g/mol. The molecule has 3 rings (SSSR count). The van der Waals surface area contributed by atoms with E-state index >= 15 is 0 Å². The Hall–Kier alpha value is -3.67. The summed E-state index contributed by atoms with van der Waals surface area (Å²) < 4.78 is 30.0. The van der Waals surface area contributed by atoms with Gasteiger partial charge in [0.2, 0.25) is 5.91 Å². The Kier molecular flexibility index (Phi) is 8.89. The number of likely N-dealkylation sites (tertiary alicyclic amines) is 1. The number of halogens is 1. The number of aliphatic carboxylic acids is 1. The van der Waals surface area contributed by atoms with Gasteiger partial charge in [-0.2, -0.15) is 0 Å². The second-order valence-electron chi connectivity index (χ2n) is 11.4. The van der Waals surface area contributed by atoms with Crippen LogP contribution in [0.25, 0.3) is 10.9 Å². The molecule has 2 heterocycles. The maximum Gasteiger partial charge on any atom is 0.408 e. The third-order valence-electron chi connectivity index (χ3n) is 5.86. The van der Waals surface area contributed by atoms with E-state index in [4.69, 9.17) is 14.2 Å². The molecule has 1 aromatic carbocycles. The molecule has 2 unspecified atom stereocenters. The van der Waals surface area contributed by atoms with Crippen LogP contribution in [0.15, 0.2) is 24.4 Å². The highest BCUT2D eigenvalue weighted by molar-refractivity contribution is 5.91. The molecule has 1 aliphatic heterocycles. The van der Waals surface area contributed by atoms with Crippen molar-refractivity contribution in [1.29, 1.82) is 0 Å². The number of nitrogens with one attached hydrogen (secondary N) is 2. The van der Waals surface area contributed by atoms with Crippen molar-refractivity contribution < 1.29 is 42.9 Å². The maximum absolute atomic E-state index is 13.9. The second kappa shape index (κ2) is 11.6. The highest BCUT2D eigenvalue weighted by atomic mass is 19.1. The summed E-state index contributed by atoms with van der Waals surface area (Å²) in [6.45, 7) is 9.62. The predicted molar refractivity (Wildman–Crippen MR) is 138 cm³/mol. The third kappa shape index (κ3) is 8.16. The molecule has 2 amide bonds. The number of esters is 1.